The van der Waals surface area contributed by atoms with Crippen molar-refractivity contribution in [1.29, 1.82) is 0 Å². The summed E-state index contributed by atoms with van der Waals surface area (Å²) < 4.78 is 1.64. The van der Waals surface area contributed by atoms with Gasteiger partial charge in [0.05, 0.1) is 21.9 Å². The smallest absolute Gasteiger partial charge is 0.256 e. The van der Waals surface area contributed by atoms with Gasteiger partial charge in [-0.25, -0.2) is 9.50 Å². The lowest BCUT2D eigenvalue weighted by Gasteiger charge is -2.07. The molecular weight excluding hydrogens is 359 g/mol. The second kappa shape index (κ2) is 7.42. The lowest BCUT2D eigenvalue weighted by atomic mass is 10.1. The molecule has 1 N–H and O–H groups in total. The van der Waals surface area contributed by atoms with Crippen LogP contribution in [0.5, 0.6) is 0 Å². The molecule has 0 saturated heterocycles. The standard InChI is InChI=1S/C18H18Cl2N4O/c1-11(2)5-7-22-18(25)13-10-23-24-16(6-8-21-17(13)24)12-3-4-14(19)15(20)9-12/h3-4,6,8-11H,5,7H2,1-2H3,(H,22,25). The molecule has 2 aromatic heterocycles. The highest BCUT2D eigenvalue weighted by molar-refractivity contribution is 6.42. The zero-order valence-electron chi connectivity index (χ0n) is 14.0. The zero-order valence-corrected chi connectivity index (χ0v) is 15.5. The highest BCUT2D eigenvalue weighted by atomic mass is 35.5. The summed E-state index contributed by atoms with van der Waals surface area (Å²) in [5.41, 5.74) is 2.58. The Morgan fingerprint density at radius 3 is 2.76 bits per heavy atom. The van der Waals surface area contributed by atoms with Crippen LogP contribution in [0.25, 0.3) is 16.9 Å². The number of rotatable bonds is 5. The summed E-state index contributed by atoms with van der Waals surface area (Å²) in [6, 6.07) is 7.17. The molecule has 7 heteroatoms. The predicted octanol–water partition coefficient (Wildman–Crippen LogP) is 4.48. The van der Waals surface area contributed by atoms with E-state index in [9.17, 15) is 4.79 Å². The zero-order chi connectivity index (χ0) is 18.0. The molecule has 0 saturated carbocycles. The Labute approximate surface area is 156 Å². The number of hydrogen-bond acceptors (Lipinski definition) is 3. The number of halogens is 2. The molecule has 0 atom stereocenters. The Hall–Kier alpha value is -2.11. The SMILES string of the molecule is CC(C)CCNC(=O)c1cnn2c(-c3ccc(Cl)c(Cl)c3)ccnc12. The van der Waals surface area contributed by atoms with Crippen molar-refractivity contribution in [2.75, 3.05) is 6.54 Å². The minimum absolute atomic E-state index is 0.172. The van der Waals surface area contributed by atoms with Crippen LogP contribution in [0.4, 0.5) is 0 Å². The Kier molecular flexibility index (Phi) is 5.25. The molecule has 2 heterocycles. The van der Waals surface area contributed by atoms with Gasteiger partial charge in [0.25, 0.3) is 5.91 Å². The number of fused-ring (bicyclic) bond motifs is 1. The Morgan fingerprint density at radius 2 is 2.04 bits per heavy atom. The van der Waals surface area contributed by atoms with E-state index in [2.05, 4.69) is 29.2 Å². The first-order valence-electron chi connectivity index (χ1n) is 8.03. The number of nitrogens with one attached hydrogen (secondary N) is 1. The summed E-state index contributed by atoms with van der Waals surface area (Å²) >= 11 is 12.1. The van der Waals surface area contributed by atoms with E-state index >= 15 is 0 Å². The van der Waals surface area contributed by atoms with Gasteiger partial charge in [0.15, 0.2) is 5.65 Å². The van der Waals surface area contributed by atoms with Crippen LogP contribution < -0.4 is 5.32 Å². The molecule has 0 aliphatic carbocycles. The molecule has 130 valence electrons. The minimum atomic E-state index is -0.172. The third kappa shape index (κ3) is 3.78. The van der Waals surface area contributed by atoms with Gasteiger partial charge in [0, 0.05) is 18.3 Å². The van der Waals surface area contributed by atoms with Crippen LogP contribution in [0.2, 0.25) is 10.0 Å². The summed E-state index contributed by atoms with van der Waals surface area (Å²) in [5, 5.41) is 8.19. The number of carbonyl (C=O) groups is 1. The predicted molar refractivity (Wildman–Crippen MR) is 100 cm³/mol. The average molecular weight is 377 g/mol. The van der Waals surface area contributed by atoms with Crippen LogP contribution >= 0.6 is 23.2 Å². The van der Waals surface area contributed by atoms with E-state index in [0.717, 1.165) is 17.7 Å². The van der Waals surface area contributed by atoms with Gasteiger partial charge in [0.1, 0.15) is 5.56 Å². The van der Waals surface area contributed by atoms with Crippen LogP contribution in [0, 0.1) is 5.92 Å². The first kappa shape index (κ1) is 17.7. The molecule has 0 aliphatic heterocycles. The van der Waals surface area contributed by atoms with Crippen molar-refractivity contribution >= 4 is 34.8 Å². The third-order valence-electron chi connectivity index (χ3n) is 3.87. The van der Waals surface area contributed by atoms with E-state index in [4.69, 9.17) is 23.2 Å². The Morgan fingerprint density at radius 1 is 1.24 bits per heavy atom. The van der Waals surface area contributed by atoms with Gasteiger partial charge < -0.3 is 5.32 Å². The van der Waals surface area contributed by atoms with Crippen molar-refractivity contribution in [2.24, 2.45) is 5.92 Å². The van der Waals surface area contributed by atoms with Gasteiger partial charge in [-0.05, 0) is 30.5 Å². The molecule has 0 fully saturated rings. The molecule has 0 bridgehead atoms. The normalized spacial score (nSPS) is 11.2. The maximum Gasteiger partial charge on any atom is 0.256 e. The van der Waals surface area contributed by atoms with Gasteiger partial charge in [-0.1, -0.05) is 43.1 Å². The number of carbonyl (C=O) groups excluding carboxylic acids is 1. The topological polar surface area (TPSA) is 59.3 Å². The first-order valence-corrected chi connectivity index (χ1v) is 8.79. The Balaban J connectivity index is 1.94. The van der Waals surface area contributed by atoms with Crippen molar-refractivity contribution in [3.8, 4) is 11.3 Å². The van der Waals surface area contributed by atoms with Crippen LogP contribution in [-0.4, -0.2) is 27.0 Å². The first-order chi connectivity index (χ1) is 12.0. The van der Waals surface area contributed by atoms with E-state index in [1.165, 1.54) is 6.20 Å². The van der Waals surface area contributed by atoms with Gasteiger partial charge in [-0.3, -0.25) is 4.79 Å². The second-order valence-corrected chi connectivity index (χ2v) is 7.01. The molecule has 0 radical (unpaired) electrons. The molecule has 3 rings (SSSR count). The quantitative estimate of drug-likeness (QED) is 0.713. The summed E-state index contributed by atoms with van der Waals surface area (Å²) in [6.45, 7) is 4.86. The average Bonchev–Trinajstić information content (AvgIpc) is 3.01. The fourth-order valence-corrected chi connectivity index (χ4v) is 2.79. The van der Waals surface area contributed by atoms with Crippen LogP contribution in [0.15, 0.2) is 36.7 Å². The lowest BCUT2D eigenvalue weighted by molar-refractivity contribution is 0.0953. The van der Waals surface area contributed by atoms with E-state index in [-0.39, 0.29) is 5.91 Å². The fourth-order valence-electron chi connectivity index (χ4n) is 2.50. The fraction of sp³-hybridized carbons (Fsp3) is 0.278. The van der Waals surface area contributed by atoms with E-state index in [1.807, 2.05) is 12.1 Å². The summed E-state index contributed by atoms with van der Waals surface area (Å²) in [5.74, 6) is 0.359. The summed E-state index contributed by atoms with van der Waals surface area (Å²) in [6.07, 6.45) is 4.11. The number of amides is 1. The third-order valence-corrected chi connectivity index (χ3v) is 4.61. The lowest BCUT2D eigenvalue weighted by Crippen LogP contribution is -2.25. The van der Waals surface area contributed by atoms with E-state index < -0.39 is 0 Å². The maximum absolute atomic E-state index is 12.4. The molecule has 25 heavy (non-hydrogen) atoms. The molecule has 0 spiro atoms. The van der Waals surface area contributed by atoms with Crippen LogP contribution in [0.3, 0.4) is 0 Å². The monoisotopic (exact) mass is 376 g/mol. The number of hydrogen-bond donors (Lipinski definition) is 1. The Bertz CT molecular complexity index is 921. The highest BCUT2D eigenvalue weighted by Gasteiger charge is 2.16. The van der Waals surface area contributed by atoms with Crippen molar-refractivity contribution in [2.45, 2.75) is 20.3 Å². The summed E-state index contributed by atoms with van der Waals surface area (Å²) in [7, 11) is 0. The van der Waals surface area contributed by atoms with Crippen molar-refractivity contribution in [3.05, 3.63) is 52.3 Å². The summed E-state index contributed by atoms with van der Waals surface area (Å²) in [4.78, 5) is 16.7. The molecule has 1 aromatic carbocycles. The highest BCUT2D eigenvalue weighted by Crippen LogP contribution is 2.28. The molecular formula is C18H18Cl2N4O. The van der Waals surface area contributed by atoms with Gasteiger partial charge >= 0.3 is 0 Å². The van der Waals surface area contributed by atoms with E-state index in [1.54, 1.807) is 22.8 Å². The number of nitrogens with zero attached hydrogens (tertiary/aromatic N) is 3. The van der Waals surface area contributed by atoms with Crippen molar-refractivity contribution < 1.29 is 4.79 Å². The van der Waals surface area contributed by atoms with Crippen LogP contribution in [-0.2, 0) is 0 Å². The van der Waals surface area contributed by atoms with Crippen molar-refractivity contribution in [1.82, 2.24) is 19.9 Å². The molecule has 5 nitrogen and oxygen atoms in total. The van der Waals surface area contributed by atoms with Crippen LogP contribution in [0.1, 0.15) is 30.6 Å². The number of benzene rings is 1. The number of aromatic nitrogens is 3. The molecule has 0 unspecified atom stereocenters. The van der Waals surface area contributed by atoms with Gasteiger partial charge in [-0.2, -0.15) is 5.10 Å². The van der Waals surface area contributed by atoms with E-state index in [0.29, 0.717) is 33.7 Å². The van der Waals surface area contributed by atoms with Gasteiger partial charge in [0.2, 0.25) is 0 Å². The van der Waals surface area contributed by atoms with Gasteiger partial charge in [-0.15, -0.1) is 0 Å². The van der Waals surface area contributed by atoms with Crippen molar-refractivity contribution in [3.63, 3.8) is 0 Å². The molecule has 3 aromatic rings. The largest absolute Gasteiger partial charge is 0.352 e. The minimum Gasteiger partial charge on any atom is -0.352 e. The maximum atomic E-state index is 12.4. The second-order valence-electron chi connectivity index (χ2n) is 6.19. The molecule has 0 aliphatic rings. The molecule has 1 amide bonds.